The Kier molecular flexibility index (Phi) is 4.62. The highest BCUT2D eigenvalue weighted by Crippen LogP contribution is 2.24. The van der Waals surface area contributed by atoms with Gasteiger partial charge in [0.25, 0.3) is 0 Å². The standard InChI is InChI=1S/C12H15BrFN5/c1-2-5-19-11(7-16-18-19)12(17-15)8-3-4-9(13)10(14)6-8/h3-4,6-7,12,17H,2,5,15H2,1H3. The molecular weight excluding hydrogens is 313 g/mol. The first kappa shape index (κ1) is 14.1. The average molecular weight is 328 g/mol. The van der Waals surface area contributed by atoms with Gasteiger partial charge < -0.3 is 0 Å². The zero-order chi connectivity index (χ0) is 13.8. The number of benzene rings is 1. The molecule has 3 N–H and O–H groups in total. The van der Waals surface area contributed by atoms with Gasteiger partial charge in [-0.1, -0.05) is 18.2 Å². The molecule has 0 aliphatic rings. The summed E-state index contributed by atoms with van der Waals surface area (Å²) in [6.07, 6.45) is 2.57. The predicted octanol–water partition coefficient (Wildman–Crippen LogP) is 2.14. The summed E-state index contributed by atoms with van der Waals surface area (Å²) in [5.41, 5.74) is 4.22. The van der Waals surface area contributed by atoms with Crippen molar-refractivity contribution in [2.24, 2.45) is 5.84 Å². The lowest BCUT2D eigenvalue weighted by atomic mass is 10.0. The second kappa shape index (κ2) is 6.23. The van der Waals surface area contributed by atoms with Crippen molar-refractivity contribution >= 4 is 15.9 Å². The quantitative estimate of drug-likeness (QED) is 0.652. The highest BCUT2D eigenvalue weighted by atomic mass is 79.9. The fraction of sp³-hybridized carbons (Fsp3) is 0.333. The molecule has 0 spiro atoms. The Morgan fingerprint density at radius 2 is 2.32 bits per heavy atom. The summed E-state index contributed by atoms with van der Waals surface area (Å²) >= 11 is 3.13. The molecule has 2 rings (SSSR count). The van der Waals surface area contributed by atoms with Crippen LogP contribution in [0.25, 0.3) is 0 Å². The van der Waals surface area contributed by atoms with Gasteiger partial charge in [0.05, 0.1) is 22.4 Å². The van der Waals surface area contributed by atoms with Crippen molar-refractivity contribution in [1.29, 1.82) is 0 Å². The first-order valence-electron chi connectivity index (χ1n) is 5.96. The van der Waals surface area contributed by atoms with Gasteiger partial charge in [0.1, 0.15) is 5.82 Å². The van der Waals surface area contributed by atoms with E-state index in [2.05, 4.69) is 38.6 Å². The summed E-state index contributed by atoms with van der Waals surface area (Å²) < 4.78 is 15.8. The van der Waals surface area contributed by atoms with Crippen LogP contribution in [0.1, 0.15) is 30.6 Å². The first-order valence-corrected chi connectivity index (χ1v) is 6.76. The normalized spacial score (nSPS) is 12.6. The molecule has 1 heterocycles. The number of hydrogen-bond donors (Lipinski definition) is 2. The Balaban J connectivity index is 2.38. The van der Waals surface area contributed by atoms with Crippen LogP contribution in [-0.2, 0) is 6.54 Å². The molecule has 7 heteroatoms. The molecular formula is C12H15BrFN5. The second-order valence-electron chi connectivity index (χ2n) is 4.16. The average Bonchev–Trinajstić information content (AvgIpc) is 2.83. The summed E-state index contributed by atoms with van der Waals surface area (Å²) in [5.74, 6) is 5.27. The van der Waals surface area contributed by atoms with Crippen molar-refractivity contribution in [2.75, 3.05) is 0 Å². The molecule has 1 aromatic carbocycles. The molecule has 19 heavy (non-hydrogen) atoms. The third-order valence-electron chi connectivity index (χ3n) is 2.82. The van der Waals surface area contributed by atoms with E-state index in [1.807, 2.05) is 0 Å². The minimum absolute atomic E-state index is 0.327. The van der Waals surface area contributed by atoms with Gasteiger partial charge in [-0.2, -0.15) is 0 Å². The topological polar surface area (TPSA) is 68.8 Å². The largest absolute Gasteiger partial charge is 0.271 e. The fourth-order valence-corrected chi connectivity index (χ4v) is 2.17. The number of aryl methyl sites for hydroxylation is 1. The minimum Gasteiger partial charge on any atom is -0.271 e. The van der Waals surface area contributed by atoms with Gasteiger partial charge in [-0.3, -0.25) is 5.84 Å². The maximum atomic E-state index is 13.6. The van der Waals surface area contributed by atoms with E-state index in [-0.39, 0.29) is 11.9 Å². The summed E-state index contributed by atoms with van der Waals surface area (Å²) in [5, 5.41) is 7.90. The molecule has 2 aromatic rings. The van der Waals surface area contributed by atoms with Crippen molar-refractivity contribution in [2.45, 2.75) is 25.9 Å². The van der Waals surface area contributed by atoms with E-state index in [1.165, 1.54) is 6.07 Å². The minimum atomic E-state index is -0.343. The molecule has 0 saturated heterocycles. The molecule has 1 aromatic heterocycles. The van der Waals surface area contributed by atoms with Crippen molar-refractivity contribution in [1.82, 2.24) is 20.4 Å². The van der Waals surface area contributed by atoms with Gasteiger partial charge in [-0.05, 0) is 40.0 Å². The van der Waals surface area contributed by atoms with Crippen LogP contribution in [-0.4, -0.2) is 15.0 Å². The van der Waals surface area contributed by atoms with Crippen molar-refractivity contribution in [3.05, 3.63) is 45.9 Å². The van der Waals surface area contributed by atoms with Gasteiger partial charge in [0, 0.05) is 6.54 Å². The van der Waals surface area contributed by atoms with E-state index < -0.39 is 0 Å². The van der Waals surface area contributed by atoms with Crippen molar-refractivity contribution in [3.63, 3.8) is 0 Å². The second-order valence-corrected chi connectivity index (χ2v) is 5.01. The van der Waals surface area contributed by atoms with Gasteiger partial charge in [-0.15, -0.1) is 5.10 Å². The number of hydrogen-bond acceptors (Lipinski definition) is 4. The number of nitrogens with two attached hydrogens (primary N) is 1. The summed E-state index contributed by atoms with van der Waals surface area (Å²) in [4.78, 5) is 0. The van der Waals surface area contributed by atoms with Crippen LogP contribution < -0.4 is 11.3 Å². The number of aromatic nitrogens is 3. The molecule has 0 aliphatic carbocycles. The van der Waals surface area contributed by atoms with Gasteiger partial charge in [-0.25, -0.2) is 14.5 Å². The third kappa shape index (κ3) is 2.99. The summed E-state index contributed by atoms with van der Waals surface area (Å²) in [7, 11) is 0. The molecule has 0 fully saturated rings. The highest BCUT2D eigenvalue weighted by molar-refractivity contribution is 9.10. The van der Waals surface area contributed by atoms with Crippen LogP contribution in [0, 0.1) is 5.82 Å². The van der Waals surface area contributed by atoms with Gasteiger partial charge in [0.2, 0.25) is 0 Å². The molecule has 0 aliphatic heterocycles. The maximum absolute atomic E-state index is 13.6. The lowest BCUT2D eigenvalue weighted by Crippen LogP contribution is -2.30. The number of rotatable bonds is 5. The zero-order valence-corrected chi connectivity index (χ0v) is 12.1. The molecule has 0 radical (unpaired) electrons. The first-order chi connectivity index (χ1) is 9.17. The molecule has 1 atom stereocenters. The van der Waals surface area contributed by atoms with Gasteiger partial charge in [0.15, 0.2) is 0 Å². The monoisotopic (exact) mass is 327 g/mol. The Morgan fingerprint density at radius 3 is 2.95 bits per heavy atom. The van der Waals surface area contributed by atoms with Crippen LogP contribution in [0.4, 0.5) is 4.39 Å². The highest BCUT2D eigenvalue weighted by Gasteiger charge is 2.18. The number of nitrogens with zero attached hydrogens (tertiary/aromatic N) is 3. The molecule has 102 valence electrons. The van der Waals surface area contributed by atoms with E-state index in [0.717, 1.165) is 24.2 Å². The maximum Gasteiger partial charge on any atom is 0.137 e. The van der Waals surface area contributed by atoms with Crippen LogP contribution in [0.15, 0.2) is 28.9 Å². The number of nitrogens with one attached hydrogen (secondary N) is 1. The molecule has 0 amide bonds. The molecule has 1 unspecified atom stereocenters. The smallest absolute Gasteiger partial charge is 0.137 e. The lowest BCUT2D eigenvalue weighted by molar-refractivity contribution is 0.510. The molecule has 0 saturated carbocycles. The van der Waals surface area contributed by atoms with Gasteiger partial charge >= 0.3 is 0 Å². The summed E-state index contributed by atoms with van der Waals surface area (Å²) in [6, 6.07) is 4.56. The third-order valence-corrected chi connectivity index (χ3v) is 3.47. The van der Waals surface area contributed by atoms with Crippen LogP contribution in [0.3, 0.4) is 0 Å². The molecule has 0 bridgehead atoms. The van der Waals surface area contributed by atoms with Crippen LogP contribution in [0.2, 0.25) is 0 Å². The van der Waals surface area contributed by atoms with E-state index in [0.29, 0.717) is 4.47 Å². The Morgan fingerprint density at radius 1 is 1.53 bits per heavy atom. The Labute approximate surface area is 119 Å². The Hall–Kier alpha value is -1.31. The molecule has 5 nitrogen and oxygen atoms in total. The van der Waals surface area contributed by atoms with Crippen LogP contribution in [0.5, 0.6) is 0 Å². The number of hydrazine groups is 1. The van der Waals surface area contributed by atoms with E-state index in [9.17, 15) is 4.39 Å². The van der Waals surface area contributed by atoms with Crippen LogP contribution >= 0.6 is 15.9 Å². The predicted molar refractivity (Wildman–Crippen MR) is 73.6 cm³/mol. The summed E-state index contributed by atoms with van der Waals surface area (Å²) in [6.45, 7) is 2.79. The zero-order valence-electron chi connectivity index (χ0n) is 10.5. The van der Waals surface area contributed by atoms with E-state index >= 15 is 0 Å². The lowest BCUT2D eigenvalue weighted by Gasteiger charge is -2.17. The van der Waals surface area contributed by atoms with Crippen molar-refractivity contribution in [3.8, 4) is 0 Å². The Bertz CT molecular complexity index is 557. The number of halogens is 2. The SMILES string of the molecule is CCCn1nncc1C(NN)c1ccc(Br)c(F)c1. The van der Waals surface area contributed by atoms with E-state index in [4.69, 9.17) is 5.84 Å². The fourth-order valence-electron chi connectivity index (χ4n) is 1.92. The van der Waals surface area contributed by atoms with Crippen molar-refractivity contribution < 1.29 is 4.39 Å². The van der Waals surface area contributed by atoms with E-state index in [1.54, 1.807) is 23.0 Å².